The Labute approximate surface area is 136 Å². The average Bonchev–Trinajstić information content (AvgIpc) is 3.06. The summed E-state index contributed by atoms with van der Waals surface area (Å²) in [5.74, 6) is 2.92. The van der Waals surface area contributed by atoms with Gasteiger partial charge in [0.1, 0.15) is 11.9 Å². The lowest BCUT2D eigenvalue weighted by Gasteiger charge is -2.18. The van der Waals surface area contributed by atoms with Gasteiger partial charge in [-0.15, -0.1) is 0 Å². The normalized spacial score (nSPS) is 16.7. The van der Waals surface area contributed by atoms with Crippen LogP contribution in [0.25, 0.3) is 0 Å². The molecule has 0 aromatic carbocycles. The molecule has 23 heavy (non-hydrogen) atoms. The summed E-state index contributed by atoms with van der Waals surface area (Å²) in [4.78, 5) is 15.3. The molecular formula is C16H23N5O2. The molecule has 124 valence electrons. The summed E-state index contributed by atoms with van der Waals surface area (Å²) in [6, 6.07) is 0. The minimum Gasteiger partial charge on any atom is -0.472 e. The minimum absolute atomic E-state index is 0.0860. The third kappa shape index (κ3) is 3.67. The second-order valence-corrected chi connectivity index (χ2v) is 6.14. The van der Waals surface area contributed by atoms with E-state index in [1.165, 1.54) is 0 Å². The van der Waals surface area contributed by atoms with E-state index in [0.29, 0.717) is 12.4 Å². The monoisotopic (exact) mass is 317 g/mol. The van der Waals surface area contributed by atoms with Crippen LogP contribution in [-0.4, -0.2) is 44.7 Å². The van der Waals surface area contributed by atoms with Gasteiger partial charge in [0.25, 0.3) is 0 Å². The van der Waals surface area contributed by atoms with E-state index in [1.807, 2.05) is 20.9 Å². The Hall–Kier alpha value is -2.02. The molecule has 1 aliphatic rings. The molecule has 3 rings (SSSR count). The van der Waals surface area contributed by atoms with Crippen molar-refractivity contribution in [2.24, 2.45) is 0 Å². The van der Waals surface area contributed by atoms with Gasteiger partial charge in [-0.3, -0.25) is 4.90 Å². The molecule has 0 radical (unpaired) electrons. The Kier molecular flexibility index (Phi) is 4.56. The largest absolute Gasteiger partial charge is 0.472 e. The molecule has 0 bridgehead atoms. The van der Waals surface area contributed by atoms with Gasteiger partial charge in [-0.1, -0.05) is 12.1 Å². The molecule has 0 fully saturated rings. The van der Waals surface area contributed by atoms with E-state index >= 15 is 0 Å². The molecular weight excluding hydrogens is 294 g/mol. The summed E-state index contributed by atoms with van der Waals surface area (Å²) in [7, 11) is 2.03. The zero-order valence-electron chi connectivity index (χ0n) is 14.2. The molecule has 0 saturated carbocycles. The van der Waals surface area contributed by atoms with Gasteiger partial charge in [-0.25, -0.2) is 4.98 Å². The molecule has 1 aliphatic heterocycles. The predicted molar refractivity (Wildman–Crippen MR) is 84.3 cm³/mol. The van der Waals surface area contributed by atoms with E-state index in [0.717, 1.165) is 54.6 Å². The highest BCUT2D eigenvalue weighted by Crippen LogP contribution is 2.28. The maximum atomic E-state index is 5.96. The summed E-state index contributed by atoms with van der Waals surface area (Å²) < 4.78 is 11.2. The number of nitrogens with zero attached hydrogens (tertiary/aromatic N) is 5. The van der Waals surface area contributed by atoms with E-state index in [4.69, 9.17) is 9.26 Å². The van der Waals surface area contributed by atoms with Crippen molar-refractivity contribution in [3.05, 3.63) is 28.8 Å². The molecule has 0 spiro atoms. The smallest absolute Gasteiger partial charge is 0.240 e. The second kappa shape index (κ2) is 6.62. The first-order valence-corrected chi connectivity index (χ1v) is 8.06. The third-order valence-corrected chi connectivity index (χ3v) is 3.90. The fraction of sp³-hybridized carbons (Fsp3) is 0.625. The fourth-order valence-corrected chi connectivity index (χ4v) is 2.89. The van der Waals surface area contributed by atoms with Gasteiger partial charge >= 0.3 is 0 Å². The molecule has 7 nitrogen and oxygen atoms in total. The SMILES string of the molecule is CCCc1noc(CN(C)CC2Cc3c(C)nc(C)nc3O2)n1. The zero-order valence-corrected chi connectivity index (χ0v) is 14.2. The first kappa shape index (κ1) is 15.9. The topological polar surface area (TPSA) is 77.2 Å². The highest BCUT2D eigenvalue weighted by Gasteiger charge is 2.28. The maximum absolute atomic E-state index is 5.96. The van der Waals surface area contributed by atoms with Gasteiger partial charge in [0.05, 0.1) is 6.54 Å². The number of ether oxygens (including phenoxy) is 1. The minimum atomic E-state index is 0.0860. The lowest BCUT2D eigenvalue weighted by atomic mass is 10.1. The molecule has 0 aliphatic carbocycles. The molecule has 1 atom stereocenters. The van der Waals surface area contributed by atoms with Gasteiger partial charge in [0.2, 0.25) is 11.8 Å². The first-order chi connectivity index (χ1) is 11.0. The Morgan fingerprint density at radius 3 is 2.83 bits per heavy atom. The quantitative estimate of drug-likeness (QED) is 0.804. The molecule has 3 heterocycles. The lowest BCUT2D eigenvalue weighted by molar-refractivity contribution is 0.151. The molecule has 0 N–H and O–H groups in total. The number of aryl methyl sites for hydroxylation is 3. The van der Waals surface area contributed by atoms with Crippen LogP contribution in [0.3, 0.4) is 0 Å². The maximum Gasteiger partial charge on any atom is 0.240 e. The van der Waals surface area contributed by atoms with Gasteiger partial charge < -0.3 is 9.26 Å². The van der Waals surface area contributed by atoms with Crippen molar-refractivity contribution in [1.82, 2.24) is 25.0 Å². The summed E-state index contributed by atoms with van der Waals surface area (Å²) in [6.07, 6.45) is 2.80. The lowest BCUT2D eigenvalue weighted by Crippen LogP contribution is -2.31. The van der Waals surface area contributed by atoms with Crippen molar-refractivity contribution in [2.45, 2.75) is 52.7 Å². The highest BCUT2D eigenvalue weighted by atomic mass is 16.5. The van der Waals surface area contributed by atoms with Crippen LogP contribution in [0.1, 0.15) is 42.1 Å². The number of rotatable bonds is 6. The standard InChI is InChI=1S/C16H23N5O2/c1-5-6-14-19-15(23-20-14)9-21(4)8-12-7-13-10(2)17-11(3)18-16(13)22-12/h12H,5-9H2,1-4H3. The van der Waals surface area contributed by atoms with Gasteiger partial charge in [0, 0.05) is 30.6 Å². The van der Waals surface area contributed by atoms with Crippen molar-refractivity contribution in [1.29, 1.82) is 0 Å². The molecule has 0 amide bonds. The van der Waals surface area contributed by atoms with E-state index in [-0.39, 0.29) is 6.10 Å². The second-order valence-electron chi connectivity index (χ2n) is 6.14. The van der Waals surface area contributed by atoms with Crippen LogP contribution in [0.2, 0.25) is 0 Å². The molecule has 2 aromatic heterocycles. The van der Waals surface area contributed by atoms with Crippen LogP contribution >= 0.6 is 0 Å². The van der Waals surface area contributed by atoms with Crippen molar-refractivity contribution in [3.8, 4) is 5.88 Å². The number of fused-ring (bicyclic) bond motifs is 1. The molecule has 2 aromatic rings. The third-order valence-electron chi connectivity index (χ3n) is 3.90. The fourth-order valence-electron chi connectivity index (χ4n) is 2.89. The summed E-state index contributed by atoms with van der Waals surface area (Å²) in [6.45, 7) is 7.40. The van der Waals surface area contributed by atoms with Crippen LogP contribution in [0.15, 0.2) is 4.52 Å². The molecule has 7 heteroatoms. The Morgan fingerprint density at radius 2 is 2.04 bits per heavy atom. The van der Waals surface area contributed by atoms with Crippen LogP contribution < -0.4 is 4.74 Å². The zero-order chi connectivity index (χ0) is 16.4. The number of aromatic nitrogens is 4. The van der Waals surface area contributed by atoms with Crippen molar-refractivity contribution >= 4 is 0 Å². The van der Waals surface area contributed by atoms with Crippen molar-refractivity contribution < 1.29 is 9.26 Å². The Bertz CT molecular complexity index is 685. The van der Waals surface area contributed by atoms with Crippen molar-refractivity contribution in [3.63, 3.8) is 0 Å². The number of hydrogen-bond acceptors (Lipinski definition) is 7. The first-order valence-electron chi connectivity index (χ1n) is 8.06. The van der Waals surface area contributed by atoms with Crippen LogP contribution in [0, 0.1) is 13.8 Å². The highest BCUT2D eigenvalue weighted by molar-refractivity contribution is 5.34. The predicted octanol–water partition coefficient (Wildman–Crippen LogP) is 1.86. The summed E-state index contributed by atoms with van der Waals surface area (Å²) in [5.41, 5.74) is 2.13. The average molecular weight is 317 g/mol. The Morgan fingerprint density at radius 1 is 1.22 bits per heavy atom. The van der Waals surface area contributed by atoms with E-state index in [2.05, 4.69) is 31.9 Å². The summed E-state index contributed by atoms with van der Waals surface area (Å²) in [5, 5.41) is 3.98. The molecule has 1 unspecified atom stereocenters. The van der Waals surface area contributed by atoms with E-state index in [1.54, 1.807) is 0 Å². The molecule has 0 saturated heterocycles. The van der Waals surface area contributed by atoms with Gasteiger partial charge in [0.15, 0.2) is 5.82 Å². The van der Waals surface area contributed by atoms with E-state index in [9.17, 15) is 0 Å². The van der Waals surface area contributed by atoms with Crippen LogP contribution in [0.4, 0.5) is 0 Å². The summed E-state index contributed by atoms with van der Waals surface area (Å²) >= 11 is 0. The number of hydrogen-bond donors (Lipinski definition) is 0. The van der Waals surface area contributed by atoms with Crippen LogP contribution in [-0.2, 0) is 19.4 Å². The van der Waals surface area contributed by atoms with Crippen molar-refractivity contribution in [2.75, 3.05) is 13.6 Å². The van der Waals surface area contributed by atoms with Gasteiger partial charge in [-0.05, 0) is 27.3 Å². The Balaban J connectivity index is 1.57. The van der Waals surface area contributed by atoms with Crippen LogP contribution in [0.5, 0.6) is 5.88 Å². The number of likely N-dealkylation sites (N-methyl/N-ethyl adjacent to an activating group) is 1. The van der Waals surface area contributed by atoms with Gasteiger partial charge in [-0.2, -0.15) is 9.97 Å². The van der Waals surface area contributed by atoms with E-state index < -0.39 is 0 Å².